The van der Waals surface area contributed by atoms with Crippen LogP contribution in [0.5, 0.6) is 0 Å². The van der Waals surface area contributed by atoms with E-state index in [2.05, 4.69) is 32.0 Å². The van der Waals surface area contributed by atoms with Crippen molar-refractivity contribution < 1.29 is 4.79 Å². The molecule has 3 rings (SSSR count). The van der Waals surface area contributed by atoms with E-state index in [0.29, 0.717) is 5.91 Å². The van der Waals surface area contributed by atoms with Gasteiger partial charge in [-0.05, 0) is 38.8 Å². The van der Waals surface area contributed by atoms with Gasteiger partial charge in [0.1, 0.15) is 0 Å². The minimum absolute atomic E-state index is 0.139. The van der Waals surface area contributed by atoms with Gasteiger partial charge >= 0.3 is 0 Å². The number of carbonyl (C=O) groups is 1. The van der Waals surface area contributed by atoms with Crippen LogP contribution in [0.4, 0.5) is 0 Å². The Hall–Kier alpha value is -0.980. The molecule has 0 N–H and O–H groups in total. The molecule has 0 unspecified atom stereocenters. The van der Waals surface area contributed by atoms with Crippen LogP contribution in [0.2, 0.25) is 0 Å². The van der Waals surface area contributed by atoms with Gasteiger partial charge in [-0.2, -0.15) is 0 Å². The zero-order valence-electron chi connectivity index (χ0n) is 14.1. The maximum absolute atomic E-state index is 12.9. The molecule has 0 aromatic carbocycles. The molecule has 1 aromatic rings. The Morgan fingerprint density at radius 3 is 2.96 bits per heavy atom. The molecule has 3 heterocycles. The highest BCUT2D eigenvalue weighted by atomic mass is 32.1. The molecule has 1 aromatic heterocycles. The van der Waals surface area contributed by atoms with Crippen molar-refractivity contribution in [2.75, 3.05) is 39.3 Å². The summed E-state index contributed by atoms with van der Waals surface area (Å²) in [6.45, 7) is 9.05. The summed E-state index contributed by atoms with van der Waals surface area (Å²) in [4.78, 5) is 24.2. The standard InChI is InChI=1S/C17H28N4OS/c1-2-6-20-8-3-5-16(20)17(22)21-9-4-7-19(10-11-21)12-15-13-23-14-18-15/h13-14,16H,2-12H2,1H3/t16-/m0/s1. The van der Waals surface area contributed by atoms with E-state index in [1.165, 1.54) is 6.42 Å². The van der Waals surface area contributed by atoms with Crippen LogP contribution < -0.4 is 0 Å². The fraction of sp³-hybridized carbons (Fsp3) is 0.765. The number of hydrogen-bond donors (Lipinski definition) is 0. The van der Waals surface area contributed by atoms with E-state index < -0.39 is 0 Å². The largest absolute Gasteiger partial charge is 0.340 e. The molecular formula is C17H28N4OS. The van der Waals surface area contributed by atoms with E-state index in [1.54, 1.807) is 11.3 Å². The minimum Gasteiger partial charge on any atom is -0.340 e. The van der Waals surface area contributed by atoms with Crippen molar-refractivity contribution in [3.05, 3.63) is 16.6 Å². The highest BCUT2D eigenvalue weighted by Gasteiger charge is 2.33. The Kier molecular flexibility index (Phi) is 6.02. The third kappa shape index (κ3) is 4.31. The lowest BCUT2D eigenvalue weighted by Gasteiger charge is -2.29. The Morgan fingerprint density at radius 1 is 1.26 bits per heavy atom. The molecule has 23 heavy (non-hydrogen) atoms. The van der Waals surface area contributed by atoms with Crippen LogP contribution in [-0.4, -0.2) is 70.9 Å². The molecule has 6 heteroatoms. The monoisotopic (exact) mass is 336 g/mol. The number of hydrogen-bond acceptors (Lipinski definition) is 5. The Labute approximate surface area is 143 Å². The Bertz CT molecular complexity index is 493. The van der Waals surface area contributed by atoms with Gasteiger partial charge in [-0.15, -0.1) is 11.3 Å². The number of rotatable bonds is 5. The molecule has 1 amide bonds. The normalized spacial score (nSPS) is 24.0. The average molecular weight is 337 g/mol. The first-order valence-electron chi connectivity index (χ1n) is 8.90. The average Bonchev–Trinajstić information content (AvgIpc) is 3.16. The van der Waals surface area contributed by atoms with Gasteiger partial charge in [-0.25, -0.2) is 4.98 Å². The van der Waals surface area contributed by atoms with Crippen LogP contribution in [0.3, 0.4) is 0 Å². The third-order valence-electron chi connectivity index (χ3n) is 4.93. The molecule has 0 spiro atoms. The molecule has 2 fully saturated rings. The Balaban J connectivity index is 1.53. The summed E-state index contributed by atoms with van der Waals surface area (Å²) in [5.74, 6) is 0.367. The van der Waals surface area contributed by atoms with Gasteiger partial charge in [-0.3, -0.25) is 14.6 Å². The SMILES string of the molecule is CCCN1CCC[C@H]1C(=O)N1CCCN(Cc2cscn2)CC1. The van der Waals surface area contributed by atoms with Gasteiger partial charge in [0.2, 0.25) is 5.91 Å². The Morgan fingerprint density at radius 2 is 2.17 bits per heavy atom. The molecule has 0 saturated carbocycles. The van der Waals surface area contributed by atoms with E-state index >= 15 is 0 Å². The summed E-state index contributed by atoms with van der Waals surface area (Å²) >= 11 is 1.65. The molecule has 2 saturated heterocycles. The van der Waals surface area contributed by atoms with Gasteiger partial charge in [0.05, 0.1) is 17.2 Å². The second kappa shape index (κ2) is 8.22. The number of likely N-dealkylation sites (tertiary alicyclic amines) is 1. The summed E-state index contributed by atoms with van der Waals surface area (Å²) in [6.07, 6.45) is 4.40. The smallest absolute Gasteiger partial charge is 0.239 e. The number of aromatic nitrogens is 1. The van der Waals surface area contributed by atoms with Crippen molar-refractivity contribution in [1.29, 1.82) is 0 Å². The number of thiazole rings is 1. The molecule has 2 aliphatic heterocycles. The van der Waals surface area contributed by atoms with E-state index in [4.69, 9.17) is 0 Å². The fourth-order valence-electron chi connectivity index (χ4n) is 3.77. The minimum atomic E-state index is 0.139. The van der Waals surface area contributed by atoms with Crippen LogP contribution in [0, 0.1) is 0 Å². The van der Waals surface area contributed by atoms with Gasteiger partial charge in [0.25, 0.3) is 0 Å². The van der Waals surface area contributed by atoms with E-state index in [0.717, 1.165) is 70.8 Å². The van der Waals surface area contributed by atoms with Crippen molar-refractivity contribution in [3.8, 4) is 0 Å². The van der Waals surface area contributed by atoms with Gasteiger partial charge < -0.3 is 4.90 Å². The second-order valence-corrected chi connectivity index (χ2v) is 7.35. The molecule has 1 atom stereocenters. The van der Waals surface area contributed by atoms with Gasteiger partial charge in [0.15, 0.2) is 0 Å². The molecule has 2 aliphatic rings. The molecule has 128 valence electrons. The van der Waals surface area contributed by atoms with Crippen LogP contribution >= 0.6 is 11.3 Å². The van der Waals surface area contributed by atoms with Crippen molar-refractivity contribution in [2.45, 2.75) is 45.2 Å². The molecule has 0 radical (unpaired) electrons. The zero-order chi connectivity index (χ0) is 16.1. The van der Waals surface area contributed by atoms with E-state index in [1.807, 2.05) is 5.51 Å². The first-order valence-corrected chi connectivity index (χ1v) is 9.84. The van der Waals surface area contributed by atoms with Gasteiger partial charge in [0, 0.05) is 38.1 Å². The summed E-state index contributed by atoms with van der Waals surface area (Å²) < 4.78 is 0. The summed E-state index contributed by atoms with van der Waals surface area (Å²) in [7, 11) is 0. The first-order chi connectivity index (χ1) is 11.3. The topological polar surface area (TPSA) is 39.7 Å². The lowest BCUT2D eigenvalue weighted by atomic mass is 10.2. The number of carbonyl (C=O) groups excluding carboxylic acids is 1. The first kappa shape index (κ1) is 16.9. The summed E-state index contributed by atoms with van der Waals surface area (Å²) in [5.41, 5.74) is 3.05. The van der Waals surface area contributed by atoms with Crippen molar-refractivity contribution in [2.24, 2.45) is 0 Å². The molecule has 5 nitrogen and oxygen atoms in total. The van der Waals surface area contributed by atoms with Crippen molar-refractivity contribution in [1.82, 2.24) is 19.7 Å². The van der Waals surface area contributed by atoms with Crippen LogP contribution in [-0.2, 0) is 11.3 Å². The molecule has 0 aliphatic carbocycles. The predicted molar refractivity (Wildman–Crippen MR) is 93.5 cm³/mol. The quantitative estimate of drug-likeness (QED) is 0.825. The van der Waals surface area contributed by atoms with E-state index in [-0.39, 0.29) is 6.04 Å². The van der Waals surface area contributed by atoms with E-state index in [9.17, 15) is 4.79 Å². The second-order valence-electron chi connectivity index (χ2n) is 6.63. The number of nitrogens with zero attached hydrogens (tertiary/aromatic N) is 4. The lowest BCUT2D eigenvalue weighted by molar-refractivity contribution is -0.135. The van der Waals surface area contributed by atoms with Crippen molar-refractivity contribution in [3.63, 3.8) is 0 Å². The lowest BCUT2D eigenvalue weighted by Crippen LogP contribution is -2.47. The van der Waals surface area contributed by atoms with Crippen LogP contribution in [0.1, 0.15) is 38.3 Å². The fourth-order valence-corrected chi connectivity index (χ4v) is 4.32. The van der Waals surface area contributed by atoms with Crippen molar-refractivity contribution >= 4 is 17.2 Å². The molecular weight excluding hydrogens is 308 g/mol. The molecule has 0 bridgehead atoms. The maximum Gasteiger partial charge on any atom is 0.239 e. The highest BCUT2D eigenvalue weighted by molar-refractivity contribution is 7.07. The highest BCUT2D eigenvalue weighted by Crippen LogP contribution is 2.20. The predicted octanol–water partition coefficient (Wildman–Crippen LogP) is 2.05. The third-order valence-corrected chi connectivity index (χ3v) is 5.56. The zero-order valence-corrected chi connectivity index (χ0v) is 14.9. The van der Waals surface area contributed by atoms with Crippen LogP contribution in [0.25, 0.3) is 0 Å². The van der Waals surface area contributed by atoms with Crippen LogP contribution in [0.15, 0.2) is 10.9 Å². The summed E-state index contributed by atoms with van der Waals surface area (Å²) in [6, 6.07) is 0.139. The maximum atomic E-state index is 12.9. The number of amides is 1. The summed E-state index contributed by atoms with van der Waals surface area (Å²) in [5, 5.41) is 2.12. The van der Waals surface area contributed by atoms with Gasteiger partial charge in [-0.1, -0.05) is 6.92 Å².